The summed E-state index contributed by atoms with van der Waals surface area (Å²) in [6.45, 7) is 4.44. The van der Waals surface area contributed by atoms with E-state index >= 15 is 0 Å². The van der Waals surface area contributed by atoms with Gasteiger partial charge in [-0.1, -0.05) is 30.3 Å². The number of benzene rings is 2. The summed E-state index contributed by atoms with van der Waals surface area (Å²) >= 11 is 0. The Morgan fingerprint density at radius 2 is 1.69 bits per heavy atom. The zero-order valence-electron chi connectivity index (χ0n) is 20.7. The van der Waals surface area contributed by atoms with Crippen molar-refractivity contribution in [3.63, 3.8) is 0 Å². The Bertz CT molecular complexity index is 966. The van der Waals surface area contributed by atoms with Crippen molar-refractivity contribution in [3.8, 4) is 11.5 Å². The fraction of sp³-hybridized carbons (Fsp3) is 0.536. The van der Waals surface area contributed by atoms with E-state index in [4.69, 9.17) is 18.9 Å². The standard InChI is InChI=1S/C28H36N2O6/c31-22-18-30(17-21-6-8-24(9-7-21)35-23-4-2-1-3-5-23)26-11-10-25(36-27(26)20-34-19-22)16-28(32)29-12-14-33-15-13-29/h1-9,22,25-27,31H,10-20H2/t22-,25+,26-,27+/m1/s1. The molecule has 0 bridgehead atoms. The van der Waals surface area contributed by atoms with Crippen LogP contribution in [0.4, 0.5) is 0 Å². The monoisotopic (exact) mass is 496 g/mol. The van der Waals surface area contributed by atoms with Gasteiger partial charge in [-0.25, -0.2) is 0 Å². The van der Waals surface area contributed by atoms with E-state index in [9.17, 15) is 9.90 Å². The molecule has 3 heterocycles. The lowest BCUT2D eigenvalue weighted by molar-refractivity contribution is -0.162. The van der Waals surface area contributed by atoms with Gasteiger partial charge in [-0.05, 0) is 42.7 Å². The number of fused-ring (bicyclic) bond motifs is 1. The Hall–Kier alpha value is -2.49. The fourth-order valence-electron chi connectivity index (χ4n) is 5.29. The maximum Gasteiger partial charge on any atom is 0.225 e. The molecule has 194 valence electrons. The Kier molecular flexibility index (Phi) is 8.51. The summed E-state index contributed by atoms with van der Waals surface area (Å²) in [4.78, 5) is 16.9. The first-order valence-electron chi connectivity index (χ1n) is 13.0. The van der Waals surface area contributed by atoms with Gasteiger partial charge < -0.3 is 29.0 Å². The molecule has 2 aromatic carbocycles. The summed E-state index contributed by atoms with van der Waals surface area (Å²) in [6, 6.07) is 18.0. The highest BCUT2D eigenvalue weighted by atomic mass is 16.5. The molecule has 5 rings (SSSR count). The Balaban J connectivity index is 1.21. The summed E-state index contributed by atoms with van der Waals surface area (Å²) in [5.41, 5.74) is 1.15. The fourth-order valence-corrected chi connectivity index (χ4v) is 5.29. The molecule has 1 amide bonds. The second-order valence-corrected chi connectivity index (χ2v) is 9.82. The van der Waals surface area contributed by atoms with Crippen molar-refractivity contribution in [2.24, 2.45) is 0 Å². The number of rotatable bonds is 6. The number of carbonyl (C=O) groups excluding carboxylic acids is 1. The zero-order chi connectivity index (χ0) is 24.7. The van der Waals surface area contributed by atoms with Crippen molar-refractivity contribution in [1.29, 1.82) is 0 Å². The lowest BCUT2D eigenvalue weighted by Crippen LogP contribution is -2.55. The number of aliphatic hydroxyl groups is 1. The first kappa shape index (κ1) is 25.2. The molecule has 2 aromatic rings. The van der Waals surface area contributed by atoms with Gasteiger partial charge in [0.25, 0.3) is 0 Å². The quantitative estimate of drug-likeness (QED) is 0.659. The number of β-amino-alcohol motifs (C(OH)–C–C–N with tert-alkyl or cyclic N) is 1. The molecule has 0 radical (unpaired) electrons. The number of amides is 1. The van der Waals surface area contributed by atoms with Gasteiger partial charge in [0, 0.05) is 32.2 Å². The van der Waals surface area contributed by atoms with E-state index in [1.54, 1.807) is 0 Å². The van der Waals surface area contributed by atoms with Gasteiger partial charge in [0.2, 0.25) is 5.91 Å². The number of hydrogen-bond acceptors (Lipinski definition) is 7. The van der Waals surface area contributed by atoms with Crippen LogP contribution in [0.25, 0.3) is 0 Å². The minimum absolute atomic E-state index is 0.106. The van der Waals surface area contributed by atoms with Gasteiger partial charge in [0.1, 0.15) is 11.5 Å². The molecule has 3 fully saturated rings. The summed E-state index contributed by atoms with van der Waals surface area (Å²) in [7, 11) is 0. The van der Waals surface area contributed by atoms with Crippen LogP contribution in [0.1, 0.15) is 24.8 Å². The van der Waals surface area contributed by atoms with Gasteiger partial charge in [0.15, 0.2) is 0 Å². The van der Waals surface area contributed by atoms with Crippen molar-refractivity contribution >= 4 is 5.91 Å². The Morgan fingerprint density at radius 1 is 0.944 bits per heavy atom. The molecule has 0 spiro atoms. The largest absolute Gasteiger partial charge is 0.457 e. The Morgan fingerprint density at radius 3 is 2.47 bits per heavy atom. The third kappa shape index (κ3) is 6.63. The van der Waals surface area contributed by atoms with Crippen LogP contribution in [0, 0.1) is 0 Å². The molecule has 3 saturated heterocycles. The first-order chi connectivity index (χ1) is 17.6. The van der Waals surface area contributed by atoms with Crippen molar-refractivity contribution in [3.05, 3.63) is 60.2 Å². The molecule has 8 nitrogen and oxygen atoms in total. The number of aliphatic hydroxyl groups excluding tert-OH is 1. The van der Waals surface area contributed by atoms with E-state index in [-0.39, 0.29) is 30.8 Å². The van der Waals surface area contributed by atoms with Crippen molar-refractivity contribution in [2.75, 3.05) is 46.1 Å². The minimum atomic E-state index is -0.549. The molecule has 3 aliphatic rings. The molecule has 0 saturated carbocycles. The lowest BCUT2D eigenvalue weighted by atomic mass is 9.94. The molecule has 36 heavy (non-hydrogen) atoms. The van der Waals surface area contributed by atoms with E-state index in [0.29, 0.717) is 52.4 Å². The number of hydrogen-bond donors (Lipinski definition) is 1. The van der Waals surface area contributed by atoms with Crippen molar-refractivity contribution < 1.29 is 28.8 Å². The third-order valence-electron chi connectivity index (χ3n) is 7.14. The number of morpholine rings is 1. The average molecular weight is 497 g/mol. The molecule has 3 aliphatic heterocycles. The number of nitrogens with zero attached hydrogens (tertiary/aromatic N) is 2. The topological polar surface area (TPSA) is 80.7 Å². The normalized spacial score (nSPS) is 27.5. The van der Waals surface area contributed by atoms with Crippen molar-refractivity contribution in [1.82, 2.24) is 9.80 Å². The van der Waals surface area contributed by atoms with Crippen LogP contribution in [0.3, 0.4) is 0 Å². The van der Waals surface area contributed by atoms with Crippen LogP contribution in [-0.4, -0.2) is 91.2 Å². The van der Waals surface area contributed by atoms with Crippen molar-refractivity contribution in [2.45, 2.75) is 50.2 Å². The van der Waals surface area contributed by atoms with Crippen LogP contribution in [0.2, 0.25) is 0 Å². The molecule has 0 aromatic heterocycles. The number of carbonyl (C=O) groups is 1. The molecular formula is C28H36N2O6. The zero-order valence-corrected chi connectivity index (χ0v) is 20.7. The highest BCUT2D eigenvalue weighted by Gasteiger charge is 2.38. The molecule has 8 heteroatoms. The van der Waals surface area contributed by atoms with E-state index in [1.807, 2.05) is 47.4 Å². The maximum absolute atomic E-state index is 12.7. The molecule has 0 aliphatic carbocycles. The highest BCUT2D eigenvalue weighted by Crippen LogP contribution is 2.30. The lowest BCUT2D eigenvalue weighted by Gasteiger charge is -2.44. The molecule has 4 atom stereocenters. The minimum Gasteiger partial charge on any atom is -0.457 e. The van der Waals surface area contributed by atoms with Crippen LogP contribution in [-0.2, 0) is 25.5 Å². The van der Waals surface area contributed by atoms with E-state index in [0.717, 1.165) is 29.9 Å². The second-order valence-electron chi connectivity index (χ2n) is 9.82. The predicted octanol–water partition coefficient (Wildman–Crippen LogP) is 2.84. The summed E-state index contributed by atoms with van der Waals surface area (Å²) in [5, 5.41) is 10.5. The highest BCUT2D eigenvalue weighted by molar-refractivity contribution is 5.76. The smallest absolute Gasteiger partial charge is 0.225 e. The molecule has 0 unspecified atom stereocenters. The summed E-state index contributed by atoms with van der Waals surface area (Å²) < 4.78 is 23.5. The van der Waals surface area contributed by atoms with Gasteiger partial charge in [-0.15, -0.1) is 0 Å². The van der Waals surface area contributed by atoms with Gasteiger partial charge in [0.05, 0.1) is 51.2 Å². The molecular weight excluding hydrogens is 460 g/mol. The average Bonchev–Trinajstić information content (AvgIpc) is 2.90. The van der Waals surface area contributed by atoms with Gasteiger partial charge >= 0.3 is 0 Å². The summed E-state index contributed by atoms with van der Waals surface area (Å²) in [5.74, 6) is 1.73. The SMILES string of the molecule is O=C(C[C@@H]1CC[C@@H]2[C@H](COC[C@H](O)CN2Cc2ccc(Oc3ccccc3)cc2)O1)N1CCOCC1. The van der Waals surface area contributed by atoms with Crippen LogP contribution in [0.15, 0.2) is 54.6 Å². The third-order valence-corrected chi connectivity index (χ3v) is 7.14. The maximum atomic E-state index is 12.7. The second kappa shape index (κ2) is 12.2. The van der Waals surface area contributed by atoms with Crippen LogP contribution in [0.5, 0.6) is 11.5 Å². The molecule has 1 N–H and O–H groups in total. The van der Waals surface area contributed by atoms with E-state index in [2.05, 4.69) is 17.0 Å². The van der Waals surface area contributed by atoms with Crippen LogP contribution >= 0.6 is 0 Å². The number of para-hydroxylation sites is 1. The number of ether oxygens (including phenoxy) is 4. The summed E-state index contributed by atoms with van der Waals surface area (Å²) in [6.07, 6.45) is 1.33. The Labute approximate surface area is 212 Å². The first-order valence-corrected chi connectivity index (χ1v) is 13.0. The van der Waals surface area contributed by atoms with Gasteiger partial charge in [-0.2, -0.15) is 0 Å². The predicted molar refractivity (Wildman–Crippen MR) is 134 cm³/mol. The van der Waals surface area contributed by atoms with E-state index < -0.39 is 6.10 Å². The van der Waals surface area contributed by atoms with Gasteiger partial charge in [-0.3, -0.25) is 9.69 Å². The van der Waals surface area contributed by atoms with E-state index in [1.165, 1.54) is 0 Å². The van der Waals surface area contributed by atoms with Crippen LogP contribution < -0.4 is 4.74 Å².